The van der Waals surface area contributed by atoms with Crippen LogP contribution in [0.25, 0.3) is 0 Å². The fourth-order valence-electron chi connectivity index (χ4n) is 2.35. The van der Waals surface area contributed by atoms with Gasteiger partial charge < -0.3 is 26.4 Å². The van der Waals surface area contributed by atoms with Gasteiger partial charge in [-0.05, 0) is 24.7 Å². The number of hydrogen-bond acceptors (Lipinski definition) is 6. The molecule has 5 N–H and O–H groups in total. The first-order valence-electron chi connectivity index (χ1n) is 9.43. The average molecular weight is 399 g/mol. The molecular formula is C19H34N4O5. The smallest absolute Gasteiger partial charge is 0.325 e. The lowest BCUT2D eigenvalue weighted by Crippen LogP contribution is -2.52. The quantitative estimate of drug-likeness (QED) is 0.251. The molecule has 3 amide bonds. The summed E-state index contributed by atoms with van der Waals surface area (Å²) in [4.78, 5) is 47.8. The molecule has 0 aliphatic heterocycles. The normalized spacial score (nSPS) is 12.8. The fourth-order valence-corrected chi connectivity index (χ4v) is 2.35. The Morgan fingerprint density at radius 3 is 2.07 bits per heavy atom. The van der Waals surface area contributed by atoms with Gasteiger partial charge in [-0.25, -0.2) is 0 Å². The molecule has 0 unspecified atom stereocenters. The zero-order valence-corrected chi connectivity index (χ0v) is 17.2. The molecule has 0 bridgehead atoms. The van der Waals surface area contributed by atoms with Crippen LogP contribution in [0.4, 0.5) is 0 Å². The van der Waals surface area contributed by atoms with Gasteiger partial charge in [-0.1, -0.05) is 40.3 Å². The number of esters is 1. The second-order valence-corrected chi connectivity index (χ2v) is 7.39. The molecular weight excluding hydrogens is 364 g/mol. The van der Waals surface area contributed by atoms with Gasteiger partial charge in [0.15, 0.2) is 0 Å². The molecule has 0 saturated carbocycles. The van der Waals surface area contributed by atoms with Crippen molar-refractivity contribution < 1.29 is 23.9 Å². The van der Waals surface area contributed by atoms with Gasteiger partial charge in [0.1, 0.15) is 19.2 Å². The summed E-state index contributed by atoms with van der Waals surface area (Å²) in [6.45, 7) is 10.6. The predicted octanol–water partition coefficient (Wildman–Crippen LogP) is -0.148. The molecule has 0 aromatic heterocycles. The van der Waals surface area contributed by atoms with Crippen molar-refractivity contribution in [1.29, 1.82) is 0 Å². The minimum atomic E-state index is -0.832. The van der Waals surface area contributed by atoms with Gasteiger partial charge >= 0.3 is 5.97 Å². The van der Waals surface area contributed by atoms with Crippen molar-refractivity contribution in [3.8, 4) is 0 Å². The van der Waals surface area contributed by atoms with Gasteiger partial charge in [0, 0.05) is 0 Å². The molecule has 28 heavy (non-hydrogen) atoms. The van der Waals surface area contributed by atoms with E-state index in [2.05, 4.69) is 22.5 Å². The first-order valence-corrected chi connectivity index (χ1v) is 9.43. The van der Waals surface area contributed by atoms with Crippen LogP contribution in [-0.4, -0.2) is 55.5 Å². The molecule has 0 heterocycles. The van der Waals surface area contributed by atoms with Crippen LogP contribution in [0.5, 0.6) is 0 Å². The molecule has 0 spiro atoms. The number of nitrogens with one attached hydrogen (secondary N) is 3. The minimum Gasteiger partial charge on any atom is -0.460 e. The Morgan fingerprint density at radius 2 is 1.54 bits per heavy atom. The number of rotatable bonds is 13. The van der Waals surface area contributed by atoms with Crippen LogP contribution in [0, 0.1) is 11.8 Å². The summed E-state index contributed by atoms with van der Waals surface area (Å²) >= 11 is 0. The van der Waals surface area contributed by atoms with Crippen LogP contribution in [0.2, 0.25) is 0 Å². The minimum absolute atomic E-state index is 0.0551. The van der Waals surface area contributed by atoms with Crippen molar-refractivity contribution in [3.63, 3.8) is 0 Å². The zero-order valence-electron chi connectivity index (χ0n) is 17.2. The maximum absolute atomic E-state index is 12.3. The van der Waals surface area contributed by atoms with Crippen LogP contribution < -0.4 is 21.7 Å². The Hall–Kier alpha value is -2.42. The van der Waals surface area contributed by atoms with Crippen LogP contribution in [-0.2, 0) is 23.9 Å². The Kier molecular flexibility index (Phi) is 12.5. The topological polar surface area (TPSA) is 140 Å². The van der Waals surface area contributed by atoms with E-state index >= 15 is 0 Å². The number of hydrogen-bond donors (Lipinski definition) is 4. The largest absolute Gasteiger partial charge is 0.460 e. The van der Waals surface area contributed by atoms with E-state index in [1.54, 1.807) is 0 Å². The van der Waals surface area contributed by atoms with E-state index in [9.17, 15) is 19.2 Å². The van der Waals surface area contributed by atoms with Gasteiger partial charge in [0.2, 0.25) is 17.7 Å². The monoisotopic (exact) mass is 398 g/mol. The second-order valence-electron chi connectivity index (χ2n) is 7.39. The third-order valence-electron chi connectivity index (χ3n) is 3.61. The maximum Gasteiger partial charge on any atom is 0.325 e. The molecule has 0 aromatic carbocycles. The van der Waals surface area contributed by atoms with Gasteiger partial charge in [-0.3, -0.25) is 19.2 Å². The highest BCUT2D eigenvalue weighted by Gasteiger charge is 2.23. The Bertz CT molecular complexity index is 548. The van der Waals surface area contributed by atoms with E-state index < -0.39 is 35.8 Å². The van der Waals surface area contributed by atoms with Gasteiger partial charge in [-0.15, -0.1) is 0 Å². The van der Waals surface area contributed by atoms with Crippen molar-refractivity contribution in [2.75, 3.05) is 19.7 Å². The maximum atomic E-state index is 12.3. The third-order valence-corrected chi connectivity index (χ3v) is 3.61. The molecule has 0 radical (unpaired) electrons. The molecule has 0 aliphatic carbocycles. The highest BCUT2D eigenvalue weighted by Crippen LogP contribution is 2.05. The lowest BCUT2D eigenvalue weighted by molar-refractivity contribution is -0.143. The molecule has 0 rings (SSSR count). The number of amides is 3. The Labute approximate surface area is 166 Å². The second kappa shape index (κ2) is 13.7. The van der Waals surface area contributed by atoms with Gasteiger partial charge in [-0.2, -0.15) is 0 Å². The van der Waals surface area contributed by atoms with E-state index in [1.165, 1.54) is 6.08 Å². The standard InChI is InChI=1S/C19H34N4O5/c1-6-7-28-17(25)11-22-19(27)15(9-13(4)5)23-16(24)10-21-18(26)14(20)8-12(2)3/h6,12-15H,1,7-11,20H2,2-5H3,(H,21,26)(H,22,27)(H,23,24)/t14-,15-/m0/s1. The van der Waals surface area contributed by atoms with Crippen molar-refractivity contribution in [2.45, 2.75) is 52.6 Å². The van der Waals surface area contributed by atoms with Crippen LogP contribution >= 0.6 is 0 Å². The summed E-state index contributed by atoms with van der Waals surface area (Å²) in [5, 5.41) is 7.48. The van der Waals surface area contributed by atoms with E-state index in [1.807, 2.05) is 27.7 Å². The van der Waals surface area contributed by atoms with Crippen molar-refractivity contribution in [1.82, 2.24) is 16.0 Å². The van der Waals surface area contributed by atoms with Crippen LogP contribution in [0.15, 0.2) is 12.7 Å². The van der Waals surface area contributed by atoms with E-state index in [0.29, 0.717) is 12.8 Å². The SMILES string of the molecule is C=CCOC(=O)CNC(=O)[C@H](CC(C)C)NC(=O)CNC(=O)[C@@H](N)CC(C)C. The third kappa shape index (κ3) is 12.1. The molecule has 2 atom stereocenters. The summed E-state index contributed by atoms with van der Waals surface area (Å²) in [5.74, 6) is -1.65. The molecule has 0 saturated heterocycles. The molecule has 9 nitrogen and oxygen atoms in total. The summed E-state index contributed by atoms with van der Waals surface area (Å²) in [5.41, 5.74) is 5.76. The molecule has 0 fully saturated rings. The highest BCUT2D eigenvalue weighted by atomic mass is 16.5. The Morgan fingerprint density at radius 1 is 0.964 bits per heavy atom. The van der Waals surface area contributed by atoms with Crippen molar-refractivity contribution in [2.24, 2.45) is 17.6 Å². The first-order chi connectivity index (χ1) is 13.1. The van der Waals surface area contributed by atoms with Crippen LogP contribution in [0.1, 0.15) is 40.5 Å². The molecule has 0 aromatic rings. The summed E-state index contributed by atoms with van der Waals surface area (Å²) in [7, 11) is 0. The first kappa shape index (κ1) is 25.6. The van der Waals surface area contributed by atoms with E-state index in [-0.39, 0.29) is 31.5 Å². The summed E-state index contributed by atoms with van der Waals surface area (Å²) in [6.07, 6.45) is 2.30. The van der Waals surface area contributed by atoms with Gasteiger partial charge in [0.05, 0.1) is 12.6 Å². The van der Waals surface area contributed by atoms with Crippen molar-refractivity contribution >= 4 is 23.7 Å². The average Bonchev–Trinajstić information content (AvgIpc) is 2.60. The van der Waals surface area contributed by atoms with Gasteiger partial charge in [0.25, 0.3) is 0 Å². The number of ether oxygens (including phenoxy) is 1. The number of carbonyl (C=O) groups excluding carboxylic acids is 4. The number of carbonyl (C=O) groups is 4. The summed E-state index contributed by atoms with van der Waals surface area (Å²) in [6, 6.07) is -1.52. The highest BCUT2D eigenvalue weighted by molar-refractivity contribution is 5.92. The van der Waals surface area contributed by atoms with E-state index in [0.717, 1.165) is 0 Å². The number of nitrogens with two attached hydrogens (primary N) is 1. The zero-order chi connectivity index (χ0) is 21.7. The lowest BCUT2D eigenvalue weighted by Gasteiger charge is -2.20. The van der Waals surface area contributed by atoms with Crippen LogP contribution in [0.3, 0.4) is 0 Å². The Balaban J connectivity index is 4.58. The fraction of sp³-hybridized carbons (Fsp3) is 0.684. The molecule has 0 aliphatic rings. The van der Waals surface area contributed by atoms with Crippen molar-refractivity contribution in [3.05, 3.63) is 12.7 Å². The molecule has 160 valence electrons. The molecule has 9 heteroatoms. The predicted molar refractivity (Wildman–Crippen MR) is 106 cm³/mol. The lowest BCUT2D eigenvalue weighted by atomic mass is 10.0. The summed E-state index contributed by atoms with van der Waals surface area (Å²) < 4.78 is 4.78. The van der Waals surface area contributed by atoms with E-state index in [4.69, 9.17) is 10.5 Å².